The van der Waals surface area contributed by atoms with Crippen molar-refractivity contribution in [1.29, 1.82) is 0 Å². The molecule has 0 aliphatic carbocycles. The number of carbonyl (C=O) groups excluding carboxylic acids is 1. The van der Waals surface area contributed by atoms with E-state index in [2.05, 4.69) is 5.32 Å². The fourth-order valence-electron chi connectivity index (χ4n) is 2.54. The van der Waals surface area contributed by atoms with Crippen molar-refractivity contribution in [2.45, 2.75) is 31.3 Å². The number of carbonyl (C=O) groups is 1. The highest BCUT2D eigenvalue weighted by atomic mass is 32.2. The molecule has 0 saturated heterocycles. The van der Waals surface area contributed by atoms with Crippen molar-refractivity contribution >= 4 is 21.4 Å². The van der Waals surface area contributed by atoms with Gasteiger partial charge >= 0.3 is 0 Å². The number of anilines is 1. The summed E-state index contributed by atoms with van der Waals surface area (Å²) >= 11 is 0. The van der Waals surface area contributed by atoms with Gasteiger partial charge in [0.05, 0.1) is 16.8 Å². The summed E-state index contributed by atoms with van der Waals surface area (Å²) in [7, 11) is -3.56. The van der Waals surface area contributed by atoms with E-state index in [0.29, 0.717) is 22.9 Å². The molecule has 0 aromatic heterocycles. The van der Waals surface area contributed by atoms with E-state index in [9.17, 15) is 13.2 Å². The van der Waals surface area contributed by atoms with Crippen LogP contribution in [0.1, 0.15) is 20.3 Å². The number of sulfone groups is 1. The molecule has 3 rings (SSSR count). The molecule has 2 aromatic rings. The third-order valence-electron chi connectivity index (χ3n) is 3.81. The van der Waals surface area contributed by atoms with Gasteiger partial charge < -0.3 is 19.5 Å². The van der Waals surface area contributed by atoms with Crippen LogP contribution in [0, 0.1) is 0 Å². The molecule has 27 heavy (non-hydrogen) atoms. The number of nitrogens with one attached hydrogen (secondary N) is 1. The number of rotatable bonds is 7. The number of ether oxygens (including phenoxy) is 3. The Kier molecular flexibility index (Phi) is 5.55. The van der Waals surface area contributed by atoms with E-state index in [1.807, 2.05) is 13.8 Å². The molecule has 0 unspecified atom stereocenters. The minimum Gasteiger partial charge on any atom is -0.491 e. The largest absolute Gasteiger partial charge is 0.491 e. The summed E-state index contributed by atoms with van der Waals surface area (Å²) < 4.78 is 40.8. The second kappa shape index (κ2) is 7.87. The third kappa shape index (κ3) is 4.91. The van der Waals surface area contributed by atoms with Crippen LogP contribution in [0.5, 0.6) is 17.2 Å². The van der Waals surface area contributed by atoms with Crippen molar-refractivity contribution in [3.05, 3.63) is 42.5 Å². The molecule has 1 aliphatic rings. The molecule has 0 saturated carbocycles. The molecule has 0 fully saturated rings. The molecule has 0 spiro atoms. The van der Waals surface area contributed by atoms with Gasteiger partial charge in [0.1, 0.15) is 5.75 Å². The van der Waals surface area contributed by atoms with E-state index in [0.717, 1.165) is 0 Å². The Morgan fingerprint density at radius 2 is 1.81 bits per heavy atom. The predicted octanol–water partition coefficient (Wildman–Crippen LogP) is 3.01. The van der Waals surface area contributed by atoms with Crippen molar-refractivity contribution in [3.8, 4) is 17.2 Å². The second-order valence-electron chi connectivity index (χ2n) is 6.32. The van der Waals surface area contributed by atoms with Crippen LogP contribution in [0.15, 0.2) is 47.4 Å². The number of amides is 1. The van der Waals surface area contributed by atoms with Gasteiger partial charge in [-0.1, -0.05) is 0 Å². The fourth-order valence-corrected chi connectivity index (χ4v) is 3.78. The maximum Gasteiger partial charge on any atom is 0.231 e. The minimum atomic E-state index is -3.56. The van der Waals surface area contributed by atoms with Crippen LogP contribution in [0.3, 0.4) is 0 Å². The lowest BCUT2D eigenvalue weighted by atomic mass is 10.2. The van der Waals surface area contributed by atoms with Crippen molar-refractivity contribution in [3.63, 3.8) is 0 Å². The number of hydrogen-bond donors (Lipinski definition) is 1. The van der Waals surface area contributed by atoms with Gasteiger partial charge in [-0.25, -0.2) is 8.42 Å². The lowest BCUT2D eigenvalue weighted by molar-refractivity contribution is -0.115. The summed E-state index contributed by atoms with van der Waals surface area (Å²) in [6.07, 6.45) is -0.145. The first-order valence-corrected chi connectivity index (χ1v) is 10.2. The number of benzene rings is 2. The van der Waals surface area contributed by atoms with Crippen molar-refractivity contribution in [2.24, 2.45) is 0 Å². The van der Waals surface area contributed by atoms with E-state index in [-0.39, 0.29) is 30.0 Å². The Morgan fingerprint density at radius 3 is 2.52 bits per heavy atom. The summed E-state index contributed by atoms with van der Waals surface area (Å²) in [5.41, 5.74) is 0.525. The normalized spacial score (nSPS) is 12.9. The standard InChI is InChI=1S/C19H21NO6S/c1-13(2)26-15-4-6-16(7-5-15)27(22,23)10-9-19(21)20-14-3-8-17-18(11-14)25-12-24-17/h3-8,11,13H,9-10,12H2,1-2H3,(H,20,21). The van der Waals surface area contributed by atoms with Crippen LogP contribution in [0.25, 0.3) is 0 Å². The van der Waals surface area contributed by atoms with E-state index in [4.69, 9.17) is 14.2 Å². The van der Waals surface area contributed by atoms with E-state index in [1.54, 1.807) is 30.3 Å². The Morgan fingerprint density at radius 1 is 1.11 bits per heavy atom. The SMILES string of the molecule is CC(C)Oc1ccc(S(=O)(=O)CCC(=O)Nc2ccc3c(c2)OCO3)cc1. The van der Waals surface area contributed by atoms with Crippen LogP contribution in [-0.4, -0.2) is 33.0 Å². The molecule has 0 atom stereocenters. The summed E-state index contributed by atoms with van der Waals surface area (Å²) in [5.74, 6) is 1.08. The third-order valence-corrected chi connectivity index (χ3v) is 5.54. The molecule has 1 N–H and O–H groups in total. The Labute approximate surface area is 158 Å². The molecule has 1 aliphatic heterocycles. The van der Waals surface area contributed by atoms with Crippen LogP contribution in [0.2, 0.25) is 0 Å². The monoisotopic (exact) mass is 391 g/mol. The first kappa shape index (κ1) is 19.0. The maximum atomic E-state index is 12.4. The van der Waals surface area contributed by atoms with Gasteiger partial charge in [-0.05, 0) is 50.2 Å². The summed E-state index contributed by atoms with van der Waals surface area (Å²) in [6, 6.07) is 11.2. The van der Waals surface area contributed by atoms with E-state index >= 15 is 0 Å². The van der Waals surface area contributed by atoms with Gasteiger partial charge in [-0.3, -0.25) is 4.79 Å². The molecule has 144 valence electrons. The average molecular weight is 391 g/mol. The lowest BCUT2D eigenvalue weighted by Crippen LogP contribution is -2.17. The highest BCUT2D eigenvalue weighted by Gasteiger charge is 2.18. The fraction of sp³-hybridized carbons (Fsp3) is 0.316. The van der Waals surface area contributed by atoms with Crippen LogP contribution < -0.4 is 19.5 Å². The van der Waals surface area contributed by atoms with E-state index < -0.39 is 15.7 Å². The van der Waals surface area contributed by atoms with Crippen molar-refractivity contribution in [1.82, 2.24) is 0 Å². The Balaban J connectivity index is 1.57. The number of fused-ring (bicyclic) bond motifs is 1. The Bertz CT molecular complexity index is 922. The zero-order chi connectivity index (χ0) is 19.4. The molecule has 2 aromatic carbocycles. The van der Waals surface area contributed by atoms with Gasteiger partial charge in [0.15, 0.2) is 21.3 Å². The van der Waals surface area contributed by atoms with Gasteiger partial charge in [0.2, 0.25) is 12.7 Å². The first-order valence-electron chi connectivity index (χ1n) is 8.52. The molecule has 0 bridgehead atoms. The van der Waals surface area contributed by atoms with Crippen molar-refractivity contribution in [2.75, 3.05) is 17.9 Å². The highest BCUT2D eigenvalue weighted by Crippen LogP contribution is 2.34. The first-order chi connectivity index (χ1) is 12.8. The summed E-state index contributed by atoms with van der Waals surface area (Å²) in [4.78, 5) is 12.3. The molecular formula is C19H21NO6S. The van der Waals surface area contributed by atoms with Gasteiger partial charge in [0.25, 0.3) is 0 Å². The van der Waals surface area contributed by atoms with E-state index in [1.165, 1.54) is 12.1 Å². The molecule has 1 heterocycles. The predicted molar refractivity (Wildman–Crippen MR) is 100 cm³/mol. The molecule has 7 nitrogen and oxygen atoms in total. The topological polar surface area (TPSA) is 90.9 Å². The zero-order valence-electron chi connectivity index (χ0n) is 15.1. The molecule has 1 amide bonds. The van der Waals surface area contributed by atoms with Crippen LogP contribution in [0.4, 0.5) is 5.69 Å². The second-order valence-corrected chi connectivity index (χ2v) is 8.43. The van der Waals surface area contributed by atoms with Gasteiger partial charge in [-0.2, -0.15) is 0 Å². The smallest absolute Gasteiger partial charge is 0.231 e. The van der Waals surface area contributed by atoms with Crippen molar-refractivity contribution < 1.29 is 27.4 Å². The molecule has 8 heteroatoms. The highest BCUT2D eigenvalue weighted by molar-refractivity contribution is 7.91. The quantitative estimate of drug-likeness (QED) is 0.780. The number of hydrogen-bond acceptors (Lipinski definition) is 6. The maximum absolute atomic E-state index is 12.4. The summed E-state index contributed by atoms with van der Waals surface area (Å²) in [5, 5.41) is 2.67. The molecule has 0 radical (unpaired) electrons. The van der Waals surface area contributed by atoms with Crippen LogP contribution >= 0.6 is 0 Å². The van der Waals surface area contributed by atoms with Gasteiger partial charge in [0, 0.05) is 18.2 Å². The average Bonchev–Trinajstić information content (AvgIpc) is 3.08. The van der Waals surface area contributed by atoms with Gasteiger partial charge in [-0.15, -0.1) is 0 Å². The minimum absolute atomic E-state index is 0.00679. The lowest BCUT2D eigenvalue weighted by Gasteiger charge is -2.10. The van der Waals surface area contributed by atoms with Crippen LogP contribution in [-0.2, 0) is 14.6 Å². The zero-order valence-corrected chi connectivity index (χ0v) is 15.9. The molecular weight excluding hydrogens is 370 g/mol. The Hall–Kier alpha value is -2.74. The summed E-state index contributed by atoms with van der Waals surface area (Å²) in [6.45, 7) is 3.93.